The second-order valence-electron chi connectivity index (χ2n) is 3.92. The van der Waals surface area contributed by atoms with Crippen LogP contribution in [-0.2, 0) is 6.18 Å². The molecular weight excluding hydrogens is 222 g/mol. The lowest BCUT2D eigenvalue weighted by molar-refractivity contribution is -0.137. The number of nitrogens with one attached hydrogen (secondary N) is 1. The van der Waals surface area contributed by atoms with E-state index in [0.717, 1.165) is 12.1 Å². The average molecular weight is 233 g/mol. The maximum atomic E-state index is 12.9. The van der Waals surface area contributed by atoms with Crippen molar-refractivity contribution in [2.24, 2.45) is 0 Å². The summed E-state index contributed by atoms with van der Waals surface area (Å²) in [5.74, 6) is 0. The molecule has 88 valence electrons. The lowest BCUT2D eigenvalue weighted by atomic mass is 10.0. The fourth-order valence-corrected chi connectivity index (χ4v) is 1.88. The van der Waals surface area contributed by atoms with Gasteiger partial charge in [0, 0.05) is 12.6 Å². The standard InChI is InChI=1S/C11H11F4N/c12-9-5-10(16-6-9)7-2-1-3-8(4-7)11(13,14)15/h1-4,9-10,16H,5-6H2. The van der Waals surface area contributed by atoms with E-state index < -0.39 is 17.9 Å². The van der Waals surface area contributed by atoms with Gasteiger partial charge in [-0.15, -0.1) is 0 Å². The molecule has 0 aromatic heterocycles. The third kappa shape index (κ3) is 2.35. The molecule has 0 radical (unpaired) electrons. The summed E-state index contributed by atoms with van der Waals surface area (Å²) in [6.07, 6.45) is -5.08. The third-order valence-electron chi connectivity index (χ3n) is 2.69. The van der Waals surface area contributed by atoms with E-state index in [-0.39, 0.29) is 19.0 Å². The Labute approximate surface area is 90.5 Å². The summed E-state index contributed by atoms with van der Waals surface area (Å²) in [6.45, 7) is 0.209. The first-order valence-electron chi connectivity index (χ1n) is 5.01. The zero-order valence-electron chi connectivity index (χ0n) is 8.39. The van der Waals surface area contributed by atoms with Crippen LogP contribution in [0.2, 0.25) is 0 Å². The number of alkyl halides is 4. The highest BCUT2D eigenvalue weighted by Gasteiger charge is 2.32. The van der Waals surface area contributed by atoms with E-state index in [9.17, 15) is 17.6 Å². The number of halogens is 4. The van der Waals surface area contributed by atoms with Gasteiger partial charge in [0.2, 0.25) is 0 Å². The quantitative estimate of drug-likeness (QED) is 0.735. The molecule has 0 bridgehead atoms. The Balaban J connectivity index is 2.23. The van der Waals surface area contributed by atoms with Crippen molar-refractivity contribution < 1.29 is 17.6 Å². The molecule has 1 aromatic rings. The largest absolute Gasteiger partial charge is 0.416 e. The van der Waals surface area contributed by atoms with Gasteiger partial charge in [-0.1, -0.05) is 12.1 Å². The van der Waals surface area contributed by atoms with Crippen LogP contribution in [-0.4, -0.2) is 12.7 Å². The van der Waals surface area contributed by atoms with Crippen LogP contribution in [0.3, 0.4) is 0 Å². The van der Waals surface area contributed by atoms with Crippen LogP contribution in [0.4, 0.5) is 17.6 Å². The molecule has 1 N–H and O–H groups in total. The molecule has 1 aromatic carbocycles. The lowest BCUT2D eigenvalue weighted by Gasteiger charge is -2.13. The second kappa shape index (κ2) is 4.05. The summed E-state index contributed by atoms with van der Waals surface area (Å²) in [4.78, 5) is 0. The maximum absolute atomic E-state index is 12.9. The number of hydrogen-bond acceptors (Lipinski definition) is 1. The van der Waals surface area contributed by atoms with Crippen molar-refractivity contribution in [1.29, 1.82) is 0 Å². The van der Waals surface area contributed by atoms with E-state index in [1.54, 1.807) is 6.07 Å². The molecule has 0 aliphatic carbocycles. The Morgan fingerprint density at radius 1 is 1.25 bits per heavy atom. The Bertz CT molecular complexity index is 374. The molecule has 1 aliphatic heterocycles. The van der Waals surface area contributed by atoms with E-state index in [1.165, 1.54) is 6.07 Å². The van der Waals surface area contributed by atoms with E-state index in [0.29, 0.717) is 5.56 Å². The van der Waals surface area contributed by atoms with Gasteiger partial charge in [-0.25, -0.2) is 4.39 Å². The molecular formula is C11H11F4N. The average Bonchev–Trinajstić information content (AvgIpc) is 2.64. The van der Waals surface area contributed by atoms with E-state index in [1.807, 2.05) is 0 Å². The molecule has 0 saturated carbocycles. The topological polar surface area (TPSA) is 12.0 Å². The van der Waals surface area contributed by atoms with Crippen LogP contribution in [0.15, 0.2) is 24.3 Å². The predicted molar refractivity (Wildman–Crippen MR) is 51.7 cm³/mol. The molecule has 16 heavy (non-hydrogen) atoms. The molecule has 2 unspecified atom stereocenters. The fourth-order valence-electron chi connectivity index (χ4n) is 1.88. The van der Waals surface area contributed by atoms with Crippen molar-refractivity contribution in [3.05, 3.63) is 35.4 Å². The summed E-state index contributed by atoms with van der Waals surface area (Å²) in [7, 11) is 0. The molecule has 2 atom stereocenters. The summed E-state index contributed by atoms with van der Waals surface area (Å²) in [5.41, 5.74) is -0.191. The summed E-state index contributed by atoms with van der Waals surface area (Å²) < 4.78 is 50.2. The van der Waals surface area contributed by atoms with Gasteiger partial charge in [-0.2, -0.15) is 13.2 Å². The van der Waals surface area contributed by atoms with Crippen LogP contribution in [0.1, 0.15) is 23.6 Å². The molecule has 1 heterocycles. The van der Waals surface area contributed by atoms with Crippen molar-refractivity contribution in [2.45, 2.75) is 24.8 Å². The van der Waals surface area contributed by atoms with Gasteiger partial charge in [0.15, 0.2) is 0 Å². The minimum Gasteiger partial charge on any atom is -0.307 e. The Morgan fingerprint density at radius 3 is 2.56 bits per heavy atom. The van der Waals surface area contributed by atoms with Gasteiger partial charge in [-0.3, -0.25) is 0 Å². The number of rotatable bonds is 1. The monoisotopic (exact) mass is 233 g/mol. The highest BCUT2D eigenvalue weighted by molar-refractivity contribution is 5.28. The minimum absolute atomic E-state index is 0.209. The Kier molecular flexibility index (Phi) is 2.88. The highest BCUT2D eigenvalue weighted by Crippen LogP contribution is 2.32. The molecule has 0 spiro atoms. The first-order chi connectivity index (χ1) is 7.47. The molecule has 1 fully saturated rings. The van der Waals surface area contributed by atoms with Gasteiger partial charge in [0.25, 0.3) is 0 Å². The zero-order chi connectivity index (χ0) is 11.8. The summed E-state index contributed by atoms with van der Waals surface area (Å²) in [6, 6.07) is 4.73. The molecule has 2 rings (SSSR count). The van der Waals surface area contributed by atoms with Crippen molar-refractivity contribution in [3.8, 4) is 0 Å². The Hall–Kier alpha value is -1.10. The van der Waals surface area contributed by atoms with E-state index in [2.05, 4.69) is 5.32 Å². The lowest BCUT2D eigenvalue weighted by Crippen LogP contribution is -2.15. The molecule has 1 saturated heterocycles. The molecule has 0 amide bonds. The van der Waals surface area contributed by atoms with Gasteiger partial charge >= 0.3 is 6.18 Å². The zero-order valence-corrected chi connectivity index (χ0v) is 8.39. The molecule has 1 aliphatic rings. The second-order valence-corrected chi connectivity index (χ2v) is 3.92. The molecule has 1 nitrogen and oxygen atoms in total. The van der Waals surface area contributed by atoms with Crippen molar-refractivity contribution in [1.82, 2.24) is 5.32 Å². The highest BCUT2D eigenvalue weighted by atomic mass is 19.4. The fraction of sp³-hybridized carbons (Fsp3) is 0.455. The van der Waals surface area contributed by atoms with Gasteiger partial charge in [-0.05, 0) is 24.1 Å². The van der Waals surface area contributed by atoms with Crippen LogP contribution in [0, 0.1) is 0 Å². The Morgan fingerprint density at radius 2 is 2.00 bits per heavy atom. The maximum Gasteiger partial charge on any atom is 0.416 e. The van der Waals surface area contributed by atoms with Crippen LogP contribution < -0.4 is 5.32 Å². The van der Waals surface area contributed by atoms with Crippen molar-refractivity contribution in [2.75, 3.05) is 6.54 Å². The smallest absolute Gasteiger partial charge is 0.307 e. The van der Waals surface area contributed by atoms with Crippen molar-refractivity contribution in [3.63, 3.8) is 0 Å². The third-order valence-corrected chi connectivity index (χ3v) is 2.69. The summed E-state index contributed by atoms with van der Waals surface area (Å²) in [5, 5.41) is 2.86. The minimum atomic E-state index is -4.34. The first kappa shape index (κ1) is 11.4. The number of hydrogen-bond donors (Lipinski definition) is 1. The predicted octanol–water partition coefficient (Wildman–Crippen LogP) is 3.08. The van der Waals surface area contributed by atoms with Crippen LogP contribution in [0.25, 0.3) is 0 Å². The SMILES string of the molecule is FC1CNC(c2cccc(C(F)(F)F)c2)C1. The van der Waals surface area contributed by atoms with E-state index >= 15 is 0 Å². The first-order valence-corrected chi connectivity index (χ1v) is 5.01. The van der Waals surface area contributed by atoms with Crippen LogP contribution in [0.5, 0.6) is 0 Å². The van der Waals surface area contributed by atoms with E-state index in [4.69, 9.17) is 0 Å². The van der Waals surface area contributed by atoms with Crippen molar-refractivity contribution >= 4 is 0 Å². The summed E-state index contributed by atoms with van der Waals surface area (Å²) >= 11 is 0. The van der Waals surface area contributed by atoms with Gasteiger partial charge < -0.3 is 5.32 Å². The van der Waals surface area contributed by atoms with Crippen LogP contribution >= 0.6 is 0 Å². The number of benzene rings is 1. The van der Waals surface area contributed by atoms with Gasteiger partial charge in [0.1, 0.15) is 6.17 Å². The normalized spacial score (nSPS) is 26.0. The molecule has 5 heteroatoms. The van der Waals surface area contributed by atoms with Gasteiger partial charge in [0.05, 0.1) is 5.56 Å².